The predicted molar refractivity (Wildman–Crippen MR) is 97.9 cm³/mol. The molecule has 25 heavy (non-hydrogen) atoms. The Morgan fingerprint density at radius 3 is 2.64 bits per heavy atom. The third-order valence-electron chi connectivity index (χ3n) is 5.43. The van der Waals surface area contributed by atoms with Gasteiger partial charge in [0.2, 0.25) is 0 Å². The van der Waals surface area contributed by atoms with Gasteiger partial charge in [0.25, 0.3) is 0 Å². The van der Waals surface area contributed by atoms with Gasteiger partial charge in [-0.15, -0.1) is 0 Å². The molecule has 2 rings (SSSR count). The van der Waals surface area contributed by atoms with Crippen molar-refractivity contribution in [3.8, 4) is 0 Å². The third kappa shape index (κ3) is 4.96. The fourth-order valence-corrected chi connectivity index (χ4v) is 4.27. The van der Waals surface area contributed by atoms with Gasteiger partial charge in [0.15, 0.2) is 0 Å². The summed E-state index contributed by atoms with van der Waals surface area (Å²) in [5.74, 6) is 0.0501. The predicted octanol–water partition coefficient (Wildman–Crippen LogP) is 4.73. The van der Waals surface area contributed by atoms with Crippen LogP contribution < -0.4 is 0 Å². The fourth-order valence-electron chi connectivity index (χ4n) is 4.27. The van der Waals surface area contributed by atoms with E-state index in [4.69, 9.17) is 9.47 Å². The minimum absolute atomic E-state index is 0.176. The van der Waals surface area contributed by atoms with E-state index in [0.717, 1.165) is 32.1 Å². The maximum atomic E-state index is 12.1. The lowest BCUT2D eigenvalue weighted by molar-refractivity contribution is -0.161. The Bertz CT molecular complexity index is 570. The lowest BCUT2D eigenvalue weighted by atomic mass is 9.64. The molecule has 0 aromatic rings. The average molecular weight is 348 g/mol. The van der Waals surface area contributed by atoms with E-state index in [9.17, 15) is 9.59 Å². The fraction of sp³-hybridized carbons (Fsp3) is 0.714. The van der Waals surface area contributed by atoms with Gasteiger partial charge in [-0.05, 0) is 64.9 Å². The Labute approximate surface area is 151 Å². The van der Waals surface area contributed by atoms with E-state index < -0.39 is 5.41 Å². The lowest BCUT2D eigenvalue weighted by Gasteiger charge is -2.44. The van der Waals surface area contributed by atoms with E-state index in [1.54, 1.807) is 0 Å². The molecule has 1 saturated carbocycles. The first-order valence-electron chi connectivity index (χ1n) is 9.40. The zero-order valence-electron chi connectivity index (χ0n) is 16.3. The maximum absolute atomic E-state index is 12.1. The first kappa shape index (κ1) is 19.7. The molecule has 2 unspecified atom stereocenters. The second kappa shape index (κ2) is 8.20. The summed E-state index contributed by atoms with van der Waals surface area (Å²) in [7, 11) is 0. The number of carbonyl (C=O) groups excluding carboxylic acids is 2. The summed E-state index contributed by atoms with van der Waals surface area (Å²) >= 11 is 0. The zero-order valence-corrected chi connectivity index (χ0v) is 16.3. The van der Waals surface area contributed by atoms with Crippen LogP contribution in [0.5, 0.6) is 0 Å². The minimum atomic E-state index is -0.405. The normalized spacial score (nSPS) is 32.4. The summed E-state index contributed by atoms with van der Waals surface area (Å²) in [5, 5.41) is 0. The highest BCUT2D eigenvalue weighted by Gasteiger charge is 2.56. The van der Waals surface area contributed by atoms with Gasteiger partial charge in [-0.3, -0.25) is 9.59 Å². The van der Waals surface area contributed by atoms with Gasteiger partial charge in [0.05, 0.1) is 11.8 Å². The summed E-state index contributed by atoms with van der Waals surface area (Å²) in [5.41, 5.74) is 2.13. The van der Waals surface area contributed by atoms with Gasteiger partial charge in [-0.25, -0.2) is 0 Å². The van der Waals surface area contributed by atoms with E-state index in [2.05, 4.69) is 39.8 Å². The molecule has 4 heteroatoms. The number of ether oxygens (including phenoxy) is 2. The van der Waals surface area contributed by atoms with Gasteiger partial charge in [0.1, 0.15) is 12.2 Å². The summed E-state index contributed by atoms with van der Waals surface area (Å²) in [6.07, 6.45) is 8.75. The van der Waals surface area contributed by atoms with Crippen molar-refractivity contribution in [2.75, 3.05) is 0 Å². The summed E-state index contributed by atoms with van der Waals surface area (Å²) in [6, 6.07) is 0. The molecule has 1 spiro atoms. The summed E-state index contributed by atoms with van der Waals surface area (Å²) in [6.45, 7) is 9.93. The third-order valence-corrected chi connectivity index (χ3v) is 5.43. The standard InChI is InChI=1S/C21H32O4/c1-14(2)7-6-8-15(3)11-19-21(13-20(23)25-19)12-16(4)9-10-18(21)24-17(5)22/h7,11,16,18-19H,6,8-10,12-13H2,1-5H3/b15-11+/t16-,18?,19-,21?/m1/s1. The van der Waals surface area contributed by atoms with Crippen molar-refractivity contribution >= 4 is 11.9 Å². The van der Waals surface area contributed by atoms with Crippen LogP contribution in [0.4, 0.5) is 0 Å². The molecule has 0 radical (unpaired) electrons. The van der Waals surface area contributed by atoms with Gasteiger partial charge in [-0.2, -0.15) is 0 Å². The number of hydrogen-bond acceptors (Lipinski definition) is 4. The molecule has 1 heterocycles. The SMILES string of the molecule is CC(=O)OC1CC[C@@H](C)CC12CC(=O)O[C@@H]2/C=C(\C)CCC=C(C)C. The minimum Gasteiger partial charge on any atom is -0.462 e. The zero-order chi connectivity index (χ0) is 18.6. The molecule has 1 aliphatic carbocycles. The Kier molecular flexibility index (Phi) is 6.47. The van der Waals surface area contributed by atoms with Gasteiger partial charge < -0.3 is 9.47 Å². The molecule has 1 aliphatic heterocycles. The highest BCUT2D eigenvalue weighted by molar-refractivity contribution is 5.74. The first-order valence-corrected chi connectivity index (χ1v) is 9.40. The molecule has 0 aromatic heterocycles. The maximum Gasteiger partial charge on any atom is 0.307 e. The van der Waals surface area contributed by atoms with Crippen molar-refractivity contribution in [2.24, 2.45) is 11.3 Å². The van der Waals surface area contributed by atoms with E-state index in [0.29, 0.717) is 12.3 Å². The Morgan fingerprint density at radius 2 is 2.00 bits per heavy atom. The van der Waals surface area contributed by atoms with E-state index >= 15 is 0 Å². The molecule has 1 saturated heterocycles. The molecule has 0 N–H and O–H groups in total. The van der Waals surface area contributed by atoms with Gasteiger partial charge in [-0.1, -0.05) is 24.1 Å². The summed E-state index contributed by atoms with van der Waals surface area (Å²) < 4.78 is 11.3. The van der Waals surface area contributed by atoms with Gasteiger partial charge in [0, 0.05) is 6.92 Å². The van der Waals surface area contributed by atoms with E-state index in [-0.39, 0.29) is 24.1 Å². The van der Waals surface area contributed by atoms with Crippen molar-refractivity contribution in [1.82, 2.24) is 0 Å². The number of allylic oxidation sites excluding steroid dienone is 3. The van der Waals surface area contributed by atoms with Crippen LogP contribution >= 0.6 is 0 Å². The number of hydrogen-bond donors (Lipinski definition) is 0. The van der Waals surface area contributed by atoms with E-state index in [1.807, 2.05) is 0 Å². The van der Waals surface area contributed by atoms with E-state index in [1.165, 1.54) is 18.1 Å². The van der Waals surface area contributed by atoms with Crippen LogP contribution in [0, 0.1) is 11.3 Å². The molecule has 0 amide bonds. The number of carbonyl (C=O) groups is 2. The summed E-state index contributed by atoms with van der Waals surface area (Å²) in [4.78, 5) is 23.7. The first-order chi connectivity index (χ1) is 11.7. The molecule has 0 aromatic carbocycles. The lowest BCUT2D eigenvalue weighted by Crippen LogP contribution is -2.47. The number of esters is 2. The molecule has 140 valence electrons. The molecular formula is C21H32O4. The highest BCUT2D eigenvalue weighted by Crippen LogP contribution is 2.51. The Balaban J connectivity index is 2.23. The van der Waals surface area contributed by atoms with Crippen LogP contribution in [-0.4, -0.2) is 24.1 Å². The molecule has 4 atom stereocenters. The van der Waals surface area contributed by atoms with Crippen LogP contribution in [0.25, 0.3) is 0 Å². The monoisotopic (exact) mass is 348 g/mol. The van der Waals surface area contributed by atoms with Crippen LogP contribution in [0.1, 0.15) is 73.1 Å². The second-order valence-electron chi connectivity index (χ2n) is 8.14. The topological polar surface area (TPSA) is 52.6 Å². The average Bonchev–Trinajstić information content (AvgIpc) is 2.77. The van der Waals surface area contributed by atoms with Crippen molar-refractivity contribution in [2.45, 2.75) is 85.4 Å². The number of cyclic esters (lactones) is 1. The molecule has 2 fully saturated rings. The molecule has 0 bridgehead atoms. The molecular weight excluding hydrogens is 316 g/mol. The molecule has 4 nitrogen and oxygen atoms in total. The number of rotatable bonds is 5. The van der Waals surface area contributed by atoms with Gasteiger partial charge >= 0.3 is 11.9 Å². The molecule has 2 aliphatic rings. The van der Waals surface area contributed by atoms with Crippen LogP contribution in [0.2, 0.25) is 0 Å². The van der Waals surface area contributed by atoms with Crippen LogP contribution in [0.15, 0.2) is 23.3 Å². The van der Waals surface area contributed by atoms with Crippen LogP contribution in [0.3, 0.4) is 0 Å². The smallest absolute Gasteiger partial charge is 0.307 e. The Morgan fingerprint density at radius 1 is 1.28 bits per heavy atom. The second-order valence-corrected chi connectivity index (χ2v) is 8.14. The van der Waals surface area contributed by atoms with Crippen LogP contribution in [-0.2, 0) is 19.1 Å². The quantitative estimate of drug-likeness (QED) is 0.532. The van der Waals surface area contributed by atoms with Crippen molar-refractivity contribution < 1.29 is 19.1 Å². The Hall–Kier alpha value is -1.58. The van der Waals surface area contributed by atoms with Crippen molar-refractivity contribution in [1.29, 1.82) is 0 Å². The largest absolute Gasteiger partial charge is 0.462 e. The van der Waals surface area contributed by atoms with Crippen molar-refractivity contribution in [3.05, 3.63) is 23.3 Å². The van der Waals surface area contributed by atoms with Crippen molar-refractivity contribution in [3.63, 3.8) is 0 Å². The highest BCUT2D eigenvalue weighted by atomic mass is 16.6.